The Balaban J connectivity index is 1.74. The van der Waals surface area contributed by atoms with Crippen molar-refractivity contribution in [2.45, 2.75) is 51.7 Å². The monoisotopic (exact) mass is 442 g/mol. The number of benzene rings is 1. The molecular formula is C24H34N4O4. The van der Waals surface area contributed by atoms with Crippen LogP contribution in [0.15, 0.2) is 36.5 Å². The van der Waals surface area contributed by atoms with Crippen LogP contribution < -0.4 is 14.8 Å². The van der Waals surface area contributed by atoms with Gasteiger partial charge in [-0.25, -0.2) is 4.79 Å². The largest absolute Gasteiger partial charge is 0.497 e. The van der Waals surface area contributed by atoms with E-state index >= 15 is 0 Å². The molecule has 1 aliphatic carbocycles. The Bertz CT molecular complexity index is 916. The van der Waals surface area contributed by atoms with E-state index in [9.17, 15) is 9.59 Å². The number of aromatic nitrogens is 1. The van der Waals surface area contributed by atoms with Crippen LogP contribution in [-0.4, -0.2) is 59.2 Å². The van der Waals surface area contributed by atoms with E-state index in [1.807, 2.05) is 48.7 Å². The number of rotatable bonds is 10. The lowest BCUT2D eigenvalue weighted by molar-refractivity contribution is -0.133. The van der Waals surface area contributed by atoms with Crippen molar-refractivity contribution >= 4 is 17.6 Å². The van der Waals surface area contributed by atoms with E-state index in [2.05, 4.69) is 5.32 Å². The van der Waals surface area contributed by atoms with Crippen LogP contribution in [0.2, 0.25) is 0 Å². The summed E-state index contributed by atoms with van der Waals surface area (Å²) in [6.07, 6.45) is 4.74. The minimum absolute atomic E-state index is 0.0306. The molecule has 1 aromatic heterocycles. The minimum atomic E-state index is -0.322. The number of amides is 3. The lowest BCUT2D eigenvalue weighted by atomic mass is 10.2. The highest BCUT2D eigenvalue weighted by Crippen LogP contribution is 2.29. The molecule has 1 aliphatic rings. The van der Waals surface area contributed by atoms with Gasteiger partial charge in [0.15, 0.2) is 0 Å². The number of ether oxygens (including phenoxy) is 2. The van der Waals surface area contributed by atoms with E-state index in [4.69, 9.17) is 9.47 Å². The van der Waals surface area contributed by atoms with Gasteiger partial charge < -0.3 is 29.2 Å². The van der Waals surface area contributed by atoms with E-state index in [-0.39, 0.29) is 30.6 Å². The van der Waals surface area contributed by atoms with Gasteiger partial charge in [0.1, 0.15) is 18.0 Å². The van der Waals surface area contributed by atoms with E-state index in [0.29, 0.717) is 23.7 Å². The van der Waals surface area contributed by atoms with E-state index in [1.54, 1.807) is 37.3 Å². The molecule has 3 amide bonds. The maximum Gasteiger partial charge on any atom is 0.322 e. The fourth-order valence-corrected chi connectivity index (χ4v) is 3.60. The first-order valence-electron chi connectivity index (χ1n) is 11.1. The highest BCUT2D eigenvalue weighted by atomic mass is 16.5. The first kappa shape index (κ1) is 23.5. The predicted octanol–water partition coefficient (Wildman–Crippen LogP) is 3.87. The second-order valence-electron chi connectivity index (χ2n) is 8.28. The number of urea groups is 1. The minimum Gasteiger partial charge on any atom is -0.497 e. The lowest BCUT2D eigenvalue weighted by Crippen LogP contribution is -2.48. The maximum absolute atomic E-state index is 13.3. The molecule has 0 spiro atoms. The van der Waals surface area contributed by atoms with Gasteiger partial charge >= 0.3 is 6.03 Å². The molecule has 0 aliphatic heterocycles. The van der Waals surface area contributed by atoms with Crippen molar-refractivity contribution in [1.29, 1.82) is 0 Å². The lowest BCUT2D eigenvalue weighted by Gasteiger charge is -2.31. The van der Waals surface area contributed by atoms with Crippen LogP contribution in [-0.2, 0) is 18.4 Å². The molecule has 174 valence electrons. The first-order valence-corrected chi connectivity index (χ1v) is 11.1. The number of carbonyl (C=O) groups excluding carboxylic acids is 2. The summed E-state index contributed by atoms with van der Waals surface area (Å²) in [5.41, 5.74) is 1.63. The summed E-state index contributed by atoms with van der Waals surface area (Å²) in [5.74, 6) is 1.12. The van der Waals surface area contributed by atoms with E-state index in [0.717, 1.165) is 25.0 Å². The zero-order chi connectivity index (χ0) is 23.3. The standard InChI is InChI=1S/C24H34N4O4/c1-6-17(2)27(24(30)25-18-12-21(31-4)14-22(13-18)32-5)16-23(29)28(19-9-10-19)15-20-8-7-11-26(20)3/h7-8,11-14,17,19H,6,9-10,15-16H2,1-5H3,(H,25,30). The summed E-state index contributed by atoms with van der Waals surface area (Å²) < 4.78 is 12.6. The number of nitrogens with one attached hydrogen (secondary N) is 1. The molecule has 1 fully saturated rings. The normalized spacial score (nSPS) is 13.9. The summed E-state index contributed by atoms with van der Waals surface area (Å²) in [5, 5.41) is 2.90. The molecule has 0 saturated heterocycles. The van der Waals surface area contributed by atoms with Gasteiger partial charge in [0.05, 0.1) is 20.8 Å². The van der Waals surface area contributed by atoms with Crippen molar-refractivity contribution in [3.8, 4) is 11.5 Å². The second-order valence-corrected chi connectivity index (χ2v) is 8.28. The zero-order valence-corrected chi connectivity index (χ0v) is 19.6. The molecule has 0 radical (unpaired) electrons. The molecule has 1 heterocycles. The molecule has 2 aromatic rings. The van der Waals surface area contributed by atoms with Crippen molar-refractivity contribution in [2.75, 3.05) is 26.1 Å². The Morgan fingerprint density at radius 2 is 1.84 bits per heavy atom. The van der Waals surface area contributed by atoms with Gasteiger partial charge in [-0.15, -0.1) is 0 Å². The summed E-state index contributed by atoms with van der Waals surface area (Å²) in [6.45, 7) is 4.54. The predicted molar refractivity (Wildman–Crippen MR) is 124 cm³/mol. The third-order valence-electron chi connectivity index (χ3n) is 5.98. The molecule has 1 unspecified atom stereocenters. The van der Waals surface area contributed by atoms with Crippen molar-refractivity contribution in [1.82, 2.24) is 14.4 Å². The SMILES string of the molecule is CCC(C)N(CC(=O)N(Cc1cccn1C)C1CC1)C(=O)Nc1cc(OC)cc(OC)c1. The molecule has 1 saturated carbocycles. The summed E-state index contributed by atoms with van der Waals surface area (Å²) >= 11 is 0. The van der Waals surface area contributed by atoms with E-state index in [1.165, 1.54) is 0 Å². The number of anilines is 1. The third-order valence-corrected chi connectivity index (χ3v) is 5.98. The zero-order valence-electron chi connectivity index (χ0n) is 19.6. The molecule has 8 heteroatoms. The van der Waals surface area contributed by atoms with Gasteiger partial charge in [-0.1, -0.05) is 6.92 Å². The number of aryl methyl sites for hydroxylation is 1. The van der Waals surface area contributed by atoms with Crippen LogP contribution in [0.25, 0.3) is 0 Å². The second kappa shape index (κ2) is 10.4. The van der Waals surface area contributed by atoms with Gasteiger partial charge in [-0.3, -0.25) is 4.79 Å². The van der Waals surface area contributed by atoms with Crippen LogP contribution in [0.3, 0.4) is 0 Å². The molecule has 1 aromatic carbocycles. The molecule has 1 atom stereocenters. The third kappa shape index (κ3) is 5.75. The smallest absolute Gasteiger partial charge is 0.322 e. The van der Waals surface area contributed by atoms with Crippen LogP contribution in [0, 0.1) is 0 Å². The number of nitrogens with zero attached hydrogens (tertiary/aromatic N) is 3. The Labute approximate surface area is 190 Å². The van der Waals surface area contributed by atoms with Crippen LogP contribution >= 0.6 is 0 Å². The van der Waals surface area contributed by atoms with Gasteiger partial charge in [0.2, 0.25) is 5.91 Å². The van der Waals surface area contributed by atoms with Crippen molar-refractivity contribution in [3.63, 3.8) is 0 Å². The molecule has 32 heavy (non-hydrogen) atoms. The number of carbonyl (C=O) groups is 2. The molecular weight excluding hydrogens is 408 g/mol. The maximum atomic E-state index is 13.3. The van der Waals surface area contributed by atoms with Gasteiger partial charge in [-0.05, 0) is 38.3 Å². The summed E-state index contributed by atoms with van der Waals surface area (Å²) in [4.78, 5) is 30.0. The summed E-state index contributed by atoms with van der Waals surface area (Å²) in [7, 11) is 5.10. The topological polar surface area (TPSA) is 76.0 Å². The average Bonchev–Trinajstić information content (AvgIpc) is 3.55. The van der Waals surface area contributed by atoms with Crippen LogP contribution in [0.1, 0.15) is 38.8 Å². The highest BCUT2D eigenvalue weighted by Gasteiger charge is 2.35. The molecule has 8 nitrogen and oxygen atoms in total. The fourth-order valence-electron chi connectivity index (χ4n) is 3.60. The number of methoxy groups -OCH3 is 2. The quantitative estimate of drug-likeness (QED) is 0.606. The fraction of sp³-hybridized carbons (Fsp3) is 0.500. The Hall–Kier alpha value is -3.16. The van der Waals surface area contributed by atoms with E-state index < -0.39 is 0 Å². The van der Waals surface area contributed by atoms with Crippen molar-refractivity contribution < 1.29 is 19.1 Å². The number of hydrogen-bond donors (Lipinski definition) is 1. The van der Waals surface area contributed by atoms with Crippen molar-refractivity contribution in [3.05, 3.63) is 42.2 Å². The molecule has 1 N–H and O–H groups in total. The highest BCUT2D eigenvalue weighted by molar-refractivity contribution is 5.93. The summed E-state index contributed by atoms with van der Waals surface area (Å²) in [6, 6.07) is 9.03. The van der Waals surface area contributed by atoms with Gasteiger partial charge in [-0.2, -0.15) is 0 Å². The first-order chi connectivity index (χ1) is 15.4. The number of hydrogen-bond acceptors (Lipinski definition) is 4. The molecule has 3 rings (SSSR count). The average molecular weight is 443 g/mol. The Kier molecular flexibility index (Phi) is 7.66. The van der Waals surface area contributed by atoms with Crippen LogP contribution in [0.4, 0.5) is 10.5 Å². The van der Waals surface area contributed by atoms with Gasteiger partial charge in [0, 0.05) is 54.9 Å². The van der Waals surface area contributed by atoms with Crippen molar-refractivity contribution in [2.24, 2.45) is 7.05 Å². The Morgan fingerprint density at radius 1 is 1.19 bits per heavy atom. The van der Waals surface area contributed by atoms with Gasteiger partial charge in [0.25, 0.3) is 0 Å². The van der Waals surface area contributed by atoms with Crippen LogP contribution in [0.5, 0.6) is 11.5 Å². The Morgan fingerprint density at radius 3 is 2.34 bits per heavy atom. The molecule has 0 bridgehead atoms.